The number of rotatable bonds is 5. The number of anilines is 1. The van der Waals surface area contributed by atoms with Crippen LogP contribution in [0.3, 0.4) is 0 Å². The second-order valence-corrected chi connectivity index (χ2v) is 6.48. The second-order valence-electron chi connectivity index (χ2n) is 6.48. The van der Waals surface area contributed by atoms with Gasteiger partial charge < -0.3 is 15.8 Å². The summed E-state index contributed by atoms with van der Waals surface area (Å²) >= 11 is 0. The van der Waals surface area contributed by atoms with E-state index in [1.165, 1.54) is 23.9 Å². The summed E-state index contributed by atoms with van der Waals surface area (Å²) < 4.78 is 20.4. The van der Waals surface area contributed by atoms with Crippen molar-refractivity contribution in [3.05, 3.63) is 30.2 Å². The smallest absolute Gasteiger partial charge is 0.225 e. The number of benzene rings is 1. The number of hydrogen-bond acceptors (Lipinski definition) is 7. The first-order chi connectivity index (χ1) is 13.0. The third-order valence-electron chi connectivity index (χ3n) is 4.74. The Bertz CT molecular complexity index is 1010. The minimum atomic E-state index is -0.505. The molecule has 0 saturated heterocycles. The summed E-state index contributed by atoms with van der Waals surface area (Å²) in [6.45, 7) is 0. The predicted octanol–water partition coefficient (Wildman–Crippen LogP) is 1.42. The summed E-state index contributed by atoms with van der Waals surface area (Å²) in [5.41, 5.74) is 6.77. The van der Waals surface area contributed by atoms with E-state index in [0.717, 1.165) is 12.8 Å². The number of primary amides is 1. The molecule has 3 N–H and O–H groups in total. The van der Waals surface area contributed by atoms with Crippen LogP contribution in [-0.2, 0) is 4.79 Å². The van der Waals surface area contributed by atoms with E-state index < -0.39 is 5.82 Å². The van der Waals surface area contributed by atoms with Crippen molar-refractivity contribution in [3.8, 4) is 11.4 Å². The third kappa shape index (κ3) is 3.25. The molecule has 9 nitrogen and oxygen atoms in total. The van der Waals surface area contributed by atoms with Gasteiger partial charge in [-0.3, -0.25) is 4.79 Å². The molecule has 1 aliphatic rings. The summed E-state index contributed by atoms with van der Waals surface area (Å²) in [6.07, 6.45) is 3.77. The van der Waals surface area contributed by atoms with Crippen molar-refractivity contribution in [2.75, 3.05) is 12.4 Å². The molecule has 3 aromatic rings. The summed E-state index contributed by atoms with van der Waals surface area (Å²) in [5.74, 6) is -0.366. The zero-order chi connectivity index (χ0) is 19.0. The first kappa shape index (κ1) is 17.1. The summed E-state index contributed by atoms with van der Waals surface area (Å²) in [4.78, 5) is 20.0. The minimum Gasteiger partial charge on any atom is -0.494 e. The minimum absolute atomic E-state index is 0.0720. The van der Waals surface area contributed by atoms with Crippen LogP contribution < -0.4 is 15.8 Å². The highest BCUT2D eigenvalue weighted by Crippen LogP contribution is 2.27. The van der Waals surface area contributed by atoms with Crippen molar-refractivity contribution in [1.82, 2.24) is 25.0 Å². The van der Waals surface area contributed by atoms with Gasteiger partial charge in [0.2, 0.25) is 11.9 Å². The monoisotopic (exact) mass is 371 g/mol. The standard InChI is InChI=1S/C17H18FN7O2/c1-27-14-5-4-11(7-12(14)18)25-16-13(23-24-25)8-20-17(22-16)21-10-3-2-9(6-10)15(19)26/h4-5,7-10H,2-3,6H2,1H3,(H2,19,26)(H,20,21,22)/t9-,10-/m1/s1. The van der Waals surface area contributed by atoms with Crippen LogP contribution >= 0.6 is 0 Å². The molecule has 0 radical (unpaired) electrons. The molecule has 10 heteroatoms. The van der Waals surface area contributed by atoms with Crippen LogP contribution in [-0.4, -0.2) is 44.0 Å². The van der Waals surface area contributed by atoms with Gasteiger partial charge in [-0.15, -0.1) is 5.10 Å². The molecular weight excluding hydrogens is 353 g/mol. The van der Waals surface area contributed by atoms with Gasteiger partial charge in [-0.05, 0) is 31.4 Å². The van der Waals surface area contributed by atoms with Crippen molar-refractivity contribution < 1.29 is 13.9 Å². The van der Waals surface area contributed by atoms with Gasteiger partial charge in [0.1, 0.15) is 0 Å². The highest BCUT2D eigenvalue weighted by Gasteiger charge is 2.28. The number of halogens is 1. The lowest BCUT2D eigenvalue weighted by Gasteiger charge is -2.12. The molecule has 1 aliphatic carbocycles. The van der Waals surface area contributed by atoms with Crippen LogP contribution in [0.5, 0.6) is 5.75 Å². The number of methoxy groups -OCH3 is 1. The van der Waals surface area contributed by atoms with Gasteiger partial charge in [0.25, 0.3) is 0 Å². The lowest BCUT2D eigenvalue weighted by atomic mass is 10.1. The Morgan fingerprint density at radius 1 is 1.41 bits per heavy atom. The fraction of sp³-hybridized carbons (Fsp3) is 0.353. The molecule has 1 fully saturated rings. The quantitative estimate of drug-likeness (QED) is 0.696. The van der Waals surface area contributed by atoms with Crippen LogP contribution in [0.15, 0.2) is 24.4 Å². The molecule has 27 heavy (non-hydrogen) atoms. The number of amides is 1. The van der Waals surface area contributed by atoms with E-state index in [4.69, 9.17) is 10.5 Å². The summed E-state index contributed by atoms with van der Waals surface area (Å²) in [7, 11) is 1.40. The largest absolute Gasteiger partial charge is 0.494 e. The van der Waals surface area contributed by atoms with Crippen LogP contribution in [0, 0.1) is 11.7 Å². The molecule has 1 saturated carbocycles. The molecule has 2 aromatic heterocycles. The molecule has 0 bridgehead atoms. The van der Waals surface area contributed by atoms with E-state index in [0.29, 0.717) is 29.2 Å². The molecule has 0 unspecified atom stereocenters. The molecule has 0 spiro atoms. The number of nitrogens with one attached hydrogen (secondary N) is 1. The summed E-state index contributed by atoms with van der Waals surface area (Å²) in [6, 6.07) is 4.56. The first-order valence-electron chi connectivity index (χ1n) is 8.53. The normalized spacial score (nSPS) is 19.3. The van der Waals surface area contributed by atoms with E-state index in [9.17, 15) is 9.18 Å². The SMILES string of the molecule is COc1ccc(-n2nnc3cnc(N[C@@H]4CC[C@@H](C(N)=O)C4)nc32)cc1F. The van der Waals surface area contributed by atoms with Crippen LogP contribution in [0.1, 0.15) is 19.3 Å². The van der Waals surface area contributed by atoms with E-state index in [-0.39, 0.29) is 23.6 Å². The van der Waals surface area contributed by atoms with Crippen LogP contribution in [0.2, 0.25) is 0 Å². The first-order valence-corrected chi connectivity index (χ1v) is 8.53. The van der Waals surface area contributed by atoms with Gasteiger partial charge in [0.05, 0.1) is 19.0 Å². The molecule has 1 aromatic carbocycles. The number of hydrogen-bond donors (Lipinski definition) is 2. The molecule has 2 heterocycles. The summed E-state index contributed by atoms with van der Waals surface area (Å²) in [5, 5.41) is 11.3. The number of carbonyl (C=O) groups excluding carboxylic acids is 1. The number of nitrogens with two attached hydrogens (primary N) is 1. The fourth-order valence-electron chi connectivity index (χ4n) is 3.31. The average Bonchev–Trinajstić information content (AvgIpc) is 3.28. The lowest BCUT2D eigenvalue weighted by molar-refractivity contribution is -0.121. The van der Waals surface area contributed by atoms with E-state index >= 15 is 0 Å². The molecule has 1 amide bonds. The maximum Gasteiger partial charge on any atom is 0.225 e. The predicted molar refractivity (Wildman–Crippen MR) is 94.9 cm³/mol. The van der Waals surface area contributed by atoms with Gasteiger partial charge in [0, 0.05) is 18.0 Å². The third-order valence-corrected chi connectivity index (χ3v) is 4.74. The van der Waals surface area contributed by atoms with Gasteiger partial charge >= 0.3 is 0 Å². The van der Waals surface area contributed by atoms with Gasteiger partial charge in [0.15, 0.2) is 22.7 Å². The maximum atomic E-state index is 14.0. The Balaban J connectivity index is 1.62. The van der Waals surface area contributed by atoms with E-state index in [2.05, 4.69) is 25.6 Å². The van der Waals surface area contributed by atoms with Crippen molar-refractivity contribution in [3.63, 3.8) is 0 Å². The van der Waals surface area contributed by atoms with Crippen LogP contribution in [0.25, 0.3) is 16.9 Å². The number of aromatic nitrogens is 5. The Morgan fingerprint density at radius 2 is 2.26 bits per heavy atom. The molecule has 140 valence electrons. The average molecular weight is 371 g/mol. The van der Waals surface area contributed by atoms with E-state index in [1.807, 2.05) is 0 Å². The Morgan fingerprint density at radius 3 is 2.96 bits per heavy atom. The number of fused-ring (bicyclic) bond motifs is 1. The van der Waals surface area contributed by atoms with Crippen molar-refractivity contribution >= 4 is 23.0 Å². The van der Waals surface area contributed by atoms with Crippen molar-refractivity contribution in [1.29, 1.82) is 0 Å². The van der Waals surface area contributed by atoms with E-state index in [1.54, 1.807) is 12.3 Å². The molecule has 0 aliphatic heterocycles. The number of ether oxygens (including phenoxy) is 1. The van der Waals surface area contributed by atoms with Crippen LogP contribution in [0.4, 0.5) is 10.3 Å². The highest BCUT2D eigenvalue weighted by atomic mass is 19.1. The second kappa shape index (κ2) is 6.78. The number of nitrogens with zero attached hydrogens (tertiary/aromatic N) is 5. The molecule has 2 atom stereocenters. The topological polar surface area (TPSA) is 121 Å². The molecule has 4 rings (SSSR count). The highest BCUT2D eigenvalue weighted by molar-refractivity contribution is 5.77. The lowest BCUT2D eigenvalue weighted by Crippen LogP contribution is -2.23. The van der Waals surface area contributed by atoms with Gasteiger partial charge in [-0.2, -0.15) is 9.67 Å². The Hall–Kier alpha value is -3.30. The Labute approximate surface area is 153 Å². The van der Waals surface area contributed by atoms with Gasteiger partial charge in [-0.25, -0.2) is 9.37 Å². The van der Waals surface area contributed by atoms with Crippen molar-refractivity contribution in [2.24, 2.45) is 11.7 Å². The molecular formula is C17H18FN7O2. The Kier molecular flexibility index (Phi) is 4.30. The van der Waals surface area contributed by atoms with Crippen molar-refractivity contribution in [2.45, 2.75) is 25.3 Å². The zero-order valence-electron chi connectivity index (χ0n) is 14.6. The zero-order valence-corrected chi connectivity index (χ0v) is 14.6. The maximum absolute atomic E-state index is 14.0. The fourth-order valence-corrected chi connectivity index (χ4v) is 3.31. The van der Waals surface area contributed by atoms with Gasteiger partial charge in [-0.1, -0.05) is 5.21 Å². The number of carbonyl (C=O) groups is 1.